The van der Waals surface area contributed by atoms with Crippen LogP contribution in [0.25, 0.3) is 0 Å². The summed E-state index contributed by atoms with van der Waals surface area (Å²) in [6.45, 7) is 1.52. The SMILES string of the molecule is OCC#Cc1ccc(COCC2CCCCC2)s1. The highest BCUT2D eigenvalue weighted by molar-refractivity contribution is 7.12. The number of hydrogen-bond donors (Lipinski definition) is 1. The van der Waals surface area contributed by atoms with Crippen molar-refractivity contribution in [3.05, 3.63) is 21.9 Å². The highest BCUT2D eigenvalue weighted by atomic mass is 32.1. The minimum atomic E-state index is -0.0780. The minimum absolute atomic E-state index is 0.0780. The Hall–Kier alpha value is -0.820. The Bertz CT molecular complexity index is 408. The summed E-state index contributed by atoms with van der Waals surface area (Å²) in [6.07, 6.45) is 6.80. The fraction of sp³-hybridized carbons (Fsp3) is 0.600. The fourth-order valence-corrected chi connectivity index (χ4v) is 3.15. The molecule has 1 aliphatic rings. The molecule has 0 aliphatic heterocycles. The Balaban J connectivity index is 1.71. The van der Waals surface area contributed by atoms with E-state index in [1.165, 1.54) is 37.0 Å². The zero-order valence-electron chi connectivity index (χ0n) is 10.7. The van der Waals surface area contributed by atoms with E-state index in [0.717, 1.165) is 17.4 Å². The lowest BCUT2D eigenvalue weighted by molar-refractivity contribution is 0.0755. The van der Waals surface area contributed by atoms with Gasteiger partial charge in [0, 0.05) is 11.5 Å². The zero-order valence-corrected chi connectivity index (χ0v) is 11.5. The molecule has 1 aliphatic carbocycles. The average Bonchev–Trinajstić information content (AvgIpc) is 2.85. The van der Waals surface area contributed by atoms with Gasteiger partial charge in [-0.25, -0.2) is 0 Å². The number of aliphatic hydroxyl groups is 1. The monoisotopic (exact) mass is 264 g/mol. The van der Waals surface area contributed by atoms with Gasteiger partial charge in [0.25, 0.3) is 0 Å². The van der Waals surface area contributed by atoms with Gasteiger partial charge >= 0.3 is 0 Å². The topological polar surface area (TPSA) is 29.5 Å². The van der Waals surface area contributed by atoms with Crippen molar-refractivity contribution in [2.45, 2.75) is 38.7 Å². The Morgan fingerprint density at radius 1 is 1.28 bits per heavy atom. The highest BCUT2D eigenvalue weighted by Crippen LogP contribution is 2.24. The quantitative estimate of drug-likeness (QED) is 0.846. The van der Waals surface area contributed by atoms with Crippen molar-refractivity contribution in [3.63, 3.8) is 0 Å². The first-order chi connectivity index (χ1) is 8.88. The third kappa shape index (κ3) is 4.45. The molecule has 1 N–H and O–H groups in total. The van der Waals surface area contributed by atoms with Crippen molar-refractivity contribution in [1.29, 1.82) is 0 Å². The van der Waals surface area contributed by atoms with Gasteiger partial charge in [-0.05, 0) is 30.9 Å². The average molecular weight is 264 g/mol. The smallest absolute Gasteiger partial charge is 0.104 e. The van der Waals surface area contributed by atoms with Gasteiger partial charge in [-0.2, -0.15) is 0 Å². The van der Waals surface area contributed by atoms with Crippen LogP contribution in [0.3, 0.4) is 0 Å². The summed E-state index contributed by atoms with van der Waals surface area (Å²) >= 11 is 1.65. The first-order valence-electron chi connectivity index (χ1n) is 6.64. The molecule has 18 heavy (non-hydrogen) atoms. The predicted molar refractivity (Wildman–Crippen MR) is 74.5 cm³/mol. The maximum atomic E-state index is 8.63. The first kappa shape index (κ1) is 13.6. The van der Waals surface area contributed by atoms with E-state index in [9.17, 15) is 0 Å². The second kappa shape index (κ2) is 7.58. The summed E-state index contributed by atoms with van der Waals surface area (Å²) in [5.41, 5.74) is 0. The predicted octanol–water partition coefficient (Wildman–Crippen LogP) is 3.19. The van der Waals surface area contributed by atoms with Gasteiger partial charge in [0.1, 0.15) is 6.61 Å². The Kier molecular flexibility index (Phi) is 5.73. The molecule has 1 fully saturated rings. The van der Waals surface area contributed by atoms with Crippen LogP contribution in [0.4, 0.5) is 0 Å². The third-order valence-electron chi connectivity index (χ3n) is 3.27. The lowest BCUT2D eigenvalue weighted by atomic mass is 9.90. The molecule has 0 aromatic carbocycles. The van der Waals surface area contributed by atoms with Crippen molar-refractivity contribution in [2.24, 2.45) is 5.92 Å². The standard InChI is InChI=1S/C15H20O2S/c16-10-4-7-14-8-9-15(18-14)12-17-11-13-5-2-1-3-6-13/h8-9,13,16H,1-3,5-6,10-12H2. The molecule has 2 rings (SSSR count). The van der Waals surface area contributed by atoms with Gasteiger partial charge in [-0.1, -0.05) is 31.1 Å². The molecule has 0 unspecified atom stereocenters. The van der Waals surface area contributed by atoms with E-state index in [0.29, 0.717) is 6.61 Å². The zero-order chi connectivity index (χ0) is 12.6. The van der Waals surface area contributed by atoms with E-state index in [1.54, 1.807) is 11.3 Å². The summed E-state index contributed by atoms with van der Waals surface area (Å²) in [5.74, 6) is 6.35. The number of rotatable bonds is 4. The molecule has 0 radical (unpaired) electrons. The molecular formula is C15H20O2S. The van der Waals surface area contributed by atoms with Crippen molar-refractivity contribution < 1.29 is 9.84 Å². The molecule has 0 saturated heterocycles. The van der Waals surface area contributed by atoms with Gasteiger partial charge in [0.05, 0.1) is 11.5 Å². The van der Waals surface area contributed by atoms with E-state index in [-0.39, 0.29) is 6.61 Å². The lowest BCUT2D eigenvalue weighted by Crippen LogP contribution is -2.12. The molecule has 0 bridgehead atoms. The summed E-state index contributed by atoms with van der Waals surface area (Å²) in [7, 11) is 0. The molecule has 1 aromatic rings. The molecule has 1 saturated carbocycles. The summed E-state index contributed by atoms with van der Waals surface area (Å²) in [4.78, 5) is 2.22. The Labute approximate surface area is 113 Å². The summed E-state index contributed by atoms with van der Waals surface area (Å²) < 4.78 is 5.79. The van der Waals surface area contributed by atoms with E-state index in [2.05, 4.69) is 17.9 Å². The third-order valence-corrected chi connectivity index (χ3v) is 4.25. The molecule has 3 heteroatoms. The van der Waals surface area contributed by atoms with Gasteiger partial charge in [0.2, 0.25) is 0 Å². The van der Waals surface area contributed by atoms with Crippen LogP contribution in [0.5, 0.6) is 0 Å². The van der Waals surface area contributed by atoms with Crippen LogP contribution >= 0.6 is 11.3 Å². The number of thiophene rings is 1. The second-order valence-corrected chi connectivity index (χ2v) is 5.91. The van der Waals surface area contributed by atoms with Crippen LogP contribution in [-0.4, -0.2) is 18.3 Å². The van der Waals surface area contributed by atoms with E-state index in [4.69, 9.17) is 9.84 Å². The Morgan fingerprint density at radius 3 is 2.89 bits per heavy atom. The molecule has 0 amide bonds. The molecule has 1 aromatic heterocycles. The van der Waals surface area contributed by atoms with Gasteiger partial charge in [-0.15, -0.1) is 11.3 Å². The molecular weight excluding hydrogens is 244 g/mol. The van der Waals surface area contributed by atoms with Crippen molar-refractivity contribution >= 4 is 11.3 Å². The maximum Gasteiger partial charge on any atom is 0.104 e. The van der Waals surface area contributed by atoms with E-state index >= 15 is 0 Å². The van der Waals surface area contributed by atoms with Crippen LogP contribution in [0.2, 0.25) is 0 Å². The maximum absolute atomic E-state index is 8.63. The molecule has 0 atom stereocenters. The number of aliphatic hydroxyl groups excluding tert-OH is 1. The minimum Gasteiger partial charge on any atom is -0.384 e. The van der Waals surface area contributed by atoms with Crippen LogP contribution in [-0.2, 0) is 11.3 Å². The molecule has 0 spiro atoms. The Morgan fingerprint density at radius 2 is 2.11 bits per heavy atom. The van der Waals surface area contributed by atoms with Gasteiger partial charge in [-0.3, -0.25) is 0 Å². The number of hydrogen-bond acceptors (Lipinski definition) is 3. The second-order valence-electron chi connectivity index (χ2n) is 4.75. The molecule has 1 heterocycles. The van der Waals surface area contributed by atoms with E-state index in [1.807, 2.05) is 6.07 Å². The normalized spacial score (nSPS) is 16.3. The lowest BCUT2D eigenvalue weighted by Gasteiger charge is -2.20. The fourth-order valence-electron chi connectivity index (χ4n) is 2.33. The summed E-state index contributed by atoms with van der Waals surface area (Å²) in [5, 5.41) is 8.63. The van der Waals surface area contributed by atoms with Crippen LogP contribution in [0.15, 0.2) is 12.1 Å². The largest absolute Gasteiger partial charge is 0.384 e. The molecule has 98 valence electrons. The molecule has 2 nitrogen and oxygen atoms in total. The van der Waals surface area contributed by atoms with Gasteiger partial charge < -0.3 is 9.84 Å². The van der Waals surface area contributed by atoms with E-state index < -0.39 is 0 Å². The van der Waals surface area contributed by atoms with Crippen LogP contribution < -0.4 is 0 Å². The van der Waals surface area contributed by atoms with Crippen molar-refractivity contribution in [1.82, 2.24) is 0 Å². The number of ether oxygens (including phenoxy) is 1. The van der Waals surface area contributed by atoms with Crippen LogP contribution in [0.1, 0.15) is 41.9 Å². The van der Waals surface area contributed by atoms with Crippen LogP contribution in [0, 0.1) is 17.8 Å². The first-order valence-corrected chi connectivity index (χ1v) is 7.46. The highest BCUT2D eigenvalue weighted by Gasteiger charge is 2.13. The van der Waals surface area contributed by atoms with Crippen molar-refractivity contribution in [2.75, 3.05) is 13.2 Å². The summed E-state index contributed by atoms with van der Waals surface area (Å²) in [6, 6.07) is 4.06. The van der Waals surface area contributed by atoms with Gasteiger partial charge in [0.15, 0.2) is 0 Å². The van der Waals surface area contributed by atoms with Crippen molar-refractivity contribution in [3.8, 4) is 11.8 Å².